The van der Waals surface area contributed by atoms with Crippen LogP contribution >= 0.6 is 7.82 Å². The van der Waals surface area contributed by atoms with E-state index in [0.29, 0.717) is 12.8 Å². The Balaban J connectivity index is 0.00000153. The van der Waals surface area contributed by atoms with Gasteiger partial charge in [0.2, 0.25) is 0 Å². The molecule has 8 atom stereocenters. The van der Waals surface area contributed by atoms with E-state index in [1.54, 1.807) is 12.2 Å². The molecule has 1 heterocycles. The molecule has 1 saturated heterocycles. The monoisotopic (exact) mass is 476 g/mol. The maximum atomic E-state index is 13.1. The van der Waals surface area contributed by atoms with Crippen LogP contribution in [0.5, 0.6) is 0 Å². The minimum Gasteiger partial charge on any atom is -1.00 e. The molecule has 1 aliphatic heterocycles. The molecule has 8 nitrogen and oxygen atoms in total. The van der Waals surface area contributed by atoms with Crippen LogP contribution in [-0.2, 0) is 23.4 Å². The molecular weight excluding hydrogens is 446 g/mol. The van der Waals surface area contributed by atoms with E-state index in [4.69, 9.17) is 14.5 Å². The molecule has 5 rings (SSSR count). The fourth-order valence-electron chi connectivity index (χ4n) is 7.83. The molecule has 0 aromatic carbocycles. The molecule has 4 aliphatic carbocycles. The number of carbonyl (C=O) groups is 2. The third kappa shape index (κ3) is 3.01. The minimum absolute atomic E-state index is 0. The number of ketones is 2. The van der Waals surface area contributed by atoms with Crippen LogP contribution in [0, 0.1) is 28.6 Å². The van der Waals surface area contributed by atoms with Gasteiger partial charge in [0.05, 0.1) is 6.10 Å². The number of allylic oxidation sites excluding steroid dienone is 2. The van der Waals surface area contributed by atoms with Gasteiger partial charge in [0.25, 0.3) is 0 Å². The standard InChI is InChI=1S/C22H29O8P.Na.H/c1-12-8-16-15-5-4-13-9-14(23)6-7-19(13,2)22(15)18(30-22)10-20(16,3)21(12,25)17(24)11-29-31(26,27)28;;/h6-7,9,12,15-16,18,25H,4-5,8,10-11H2,1-3H3,(H2,26,27,28);;/q;+1;-1/t12-,15-,16-,18?,19-,20-,21-,22?;;/m0../s1. The van der Waals surface area contributed by atoms with E-state index in [1.807, 2.05) is 19.9 Å². The smallest absolute Gasteiger partial charge is 1.00 e. The zero-order valence-electron chi connectivity index (χ0n) is 19.9. The molecule has 0 amide bonds. The van der Waals surface area contributed by atoms with E-state index in [2.05, 4.69) is 11.4 Å². The number of carbonyl (C=O) groups excluding carboxylic acids is 2. The van der Waals surface area contributed by atoms with Crippen molar-refractivity contribution in [3.05, 3.63) is 23.8 Å². The van der Waals surface area contributed by atoms with E-state index in [0.717, 1.165) is 18.4 Å². The Hall–Kier alpha value is -0.150. The molecule has 3 saturated carbocycles. The summed E-state index contributed by atoms with van der Waals surface area (Å²) in [5.41, 5.74) is -2.26. The van der Waals surface area contributed by atoms with Crippen molar-refractivity contribution >= 4 is 19.4 Å². The Morgan fingerprint density at radius 2 is 2.03 bits per heavy atom. The van der Waals surface area contributed by atoms with Gasteiger partial charge in [0, 0.05) is 10.8 Å². The van der Waals surface area contributed by atoms with Crippen molar-refractivity contribution in [1.29, 1.82) is 0 Å². The van der Waals surface area contributed by atoms with Crippen LogP contribution < -0.4 is 29.6 Å². The number of fused-ring (bicyclic) bond motifs is 3. The second kappa shape index (κ2) is 7.42. The first-order chi connectivity index (χ1) is 14.3. The van der Waals surface area contributed by atoms with E-state index in [-0.39, 0.29) is 66.0 Å². The van der Waals surface area contributed by atoms with Gasteiger partial charge < -0.3 is 21.1 Å². The van der Waals surface area contributed by atoms with E-state index in [1.165, 1.54) is 0 Å². The summed E-state index contributed by atoms with van der Waals surface area (Å²) in [4.78, 5) is 43.1. The Morgan fingerprint density at radius 3 is 2.69 bits per heavy atom. The number of rotatable bonds is 4. The Labute approximate surface area is 210 Å². The Kier molecular flexibility index (Phi) is 5.79. The summed E-state index contributed by atoms with van der Waals surface area (Å²) in [6, 6.07) is 0. The Bertz CT molecular complexity index is 995. The number of phosphoric ester groups is 1. The van der Waals surface area contributed by atoms with Gasteiger partial charge >= 0.3 is 37.4 Å². The molecule has 10 heteroatoms. The molecule has 4 fully saturated rings. The van der Waals surface area contributed by atoms with E-state index in [9.17, 15) is 19.3 Å². The van der Waals surface area contributed by atoms with Crippen molar-refractivity contribution in [3.63, 3.8) is 0 Å². The number of Topliss-reactive ketones (excluding diaryl/α,β-unsaturated/α-hetero) is 1. The van der Waals surface area contributed by atoms with Crippen LogP contribution in [0.3, 0.4) is 0 Å². The predicted octanol–water partition coefficient (Wildman–Crippen LogP) is -0.802. The molecule has 0 aromatic heterocycles. The minimum atomic E-state index is -4.82. The van der Waals surface area contributed by atoms with Gasteiger partial charge in [-0.25, -0.2) is 4.57 Å². The number of ether oxygens (including phenoxy) is 1. The van der Waals surface area contributed by atoms with Crippen LogP contribution in [0.4, 0.5) is 0 Å². The summed E-state index contributed by atoms with van der Waals surface area (Å²) in [7, 11) is -4.82. The average molecular weight is 476 g/mol. The topological polar surface area (TPSA) is 134 Å². The maximum Gasteiger partial charge on any atom is 1.00 e. The summed E-state index contributed by atoms with van der Waals surface area (Å²) >= 11 is 0. The van der Waals surface area contributed by atoms with Crippen molar-refractivity contribution in [3.8, 4) is 0 Å². The second-order valence-corrected chi connectivity index (χ2v) is 11.7. The van der Waals surface area contributed by atoms with Gasteiger partial charge in [0.15, 0.2) is 11.6 Å². The third-order valence-electron chi connectivity index (χ3n) is 9.30. The SMILES string of the molecule is C[C@H]1C[C@H]2[C@@H]3CCC4=CC(=O)C=C[C@]4(C)C34OC4C[C@]2(C)[C@@]1(O)C(=O)COP(=O)(O)O.[H-].[Na+]. The second-order valence-electron chi connectivity index (χ2n) is 10.5. The summed E-state index contributed by atoms with van der Waals surface area (Å²) in [5.74, 6) is -0.942. The maximum absolute atomic E-state index is 13.1. The number of hydrogen-bond donors (Lipinski definition) is 3. The first-order valence-corrected chi connectivity index (χ1v) is 12.4. The third-order valence-corrected chi connectivity index (χ3v) is 9.77. The van der Waals surface area contributed by atoms with Crippen molar-refractivity contribution in [2.24, 2.45) is 28.6 Å². The fourth-order valence-corrected chi connectivity index (χ4v) is 8.12. The van der Waals surface area contributed by atoms with Crippen LogP contribution in [0.15, 0.2) is 23.8 Å². The fraction of sp³-hybridized carbons (Fsp3) is 0.727. The van der Waals surface area contributed by atoms with Crippen LogP contribution in [0.1, 0.15) is 47.9 Å². The zero-order chi connectivity index (χ0) is 22.6. The van der Waals surface area contributed by atoms with Crippen molar-refractivity contribution in [1.82, 2.24) is 0 Å². The van der Waals surface area contributed by atoms with Crippen LogP contribution in [0.25, 0.3) is 0 Å². The molecule has 172 valence electrons. The van der Waals surface area contributed by atoms with Gasteiger partial charge in [-0.2, -0.15) is 0 Å². The first kappa shape index (κ1) is 25.0. The Morgan fingerprint density at radius 1 is 1.34 bits per heavy atom. The normalized spacial score (nSPS) is 48.6. The quantitative estimate of drug-likeness (QED) is 0.273. The summed E-state index contributed by atoms with van der Waals surface area (Å²) in [5, 5.41) is 11.7. The number of phosphoric acid groups is 1. The van der Waals surface area contributed by atoms with Crippen LogP contribution in [-0.4, -0.2) is 50.4 Å². The summed E-state index contributed by atoms with van der Waals surface area (Å²) in [6.07, 6.45) is 7.84. The predicted molar refractivity (Wildman–Crippen MR) is 110 cm³/mol. The molecule has 0 radical (unpaired) electrons. The van der Waals surface area contributed by atoms with E-state index >= 15 is 0 Å². The van der Waals surface area contributed by atoms with E-state index < -0.39 is 36.8 Å². The van der Waals surface area contributed by atoms with Crippen molar-refractivity contribution < 1.29 is 69.3 Å². The van der Waals surface area contributed by atoms with Gasteiger partial charge in [-0.3, -0.25) is 14.1 Å². The molecule has 0 aromatic rings. The van der Waals surface area contributed by atoms with Crippen molar-refractivity contribution in [2.75, 3.05) is 6.61 Å². The van der Waals surface area contributed by atoms with Crippen LogP contribution in [0.2, 0.25) is 0 Å². The molecule has 0 bridgehead atoms. The molecule has 3 N–H and O–H groups in total. The first-order valence-electron chi connectivity index (χ1n) is 10.9. The summed E-state index contributed by atoms with van der Waals surface area (Å²) < 4.78 is 22.0. The van der Waals surface area contributed by atoms with Gasteiger partial charge in [0.1, 0.15) is 17.8 Å². The number of hydrogen-bond acceptors (Lipinski definition) is 6. The number of epoxide rings is 1. The van der Waals surface area contributed by atoms with Gasteiger partial charge in [-0.1, -0.05) is 25.5 Å². The molecule has 5 aliphatic rings. The van der Waals surface area contributed by atoms with Gasteiger partial charge in [-0.15, -0.1) is 0 Å². The molecule has 32 heavy (non-hydrogen) atoms. The molecular formula is C22H30NaO8P. The van der Waals surface area contributed by atoms with Crippen molar-refractivity contribution in [2.45, 2.75) is 63.8 Å². The molecule has 1 spiro atoms. The number of aliphatic hydroxyl groups is 1. The zero-order valence-corrected chi connectivity index (χ0v) is 21.8. The largest absolute Gasteiger partial charge is 1.00 e. The summed E-state index contributed by atoms with van der Waals surface area (Å²) in [6.45, 7) is 5.04. The average Bonchev–Trinajstić information content (AvgIpc) is 3.36. The molecule has 2 unspecified atom stereocenters. The van der Waals surface area contributed by atoms with Gasteiger partial charge in [-0.05, 0) is 62.5 Å².